The molecule has 7 nitrogen and oxygen atoms in total. The third-order valence-electron chi connectivity index (χ3n) is 4.43. The van der Waals surface area contributed by atoms with E-state index >= 15 is 0 Å². The fourth-order valence-electron chi connectivity index (χ4n) is 2.74. The van der Waals surface area contributed by atoms with Crippen LogP contribution in [0.15, 0.2) is 41.3 Å². The van der Waals surface area contributed by atoms with E-state index in [-0.39, 0.29) is 29.2 Å². The first-order chi connectivity index (χ1) is 13.6. The number of hydrogen-bond acceptors (Lipinski definition) is 5. The van der Waals surface area contributed by atoms with Crippen molar-refractivity contribution in [3.63, 3.8) is 0 Å². The predicted octanol–water partition coefficient (Wildman–Crippen LogP) is 3.20. The quantitative estimate of drug-likeness (QED) is 0.692. The highest BCUT2D eigenvalue weighted by Crippen LogP contribution is 2.22. The van der Waals surface area contributed by atoms with Crippen LogP contribution in [0.3, 0.4) is 0 Å². The Morgan fingerprint density at radius 3 is 2.34 bits per heavy atom. The van der Waals surface area contributed by atoms with Gasteiger partial charge in [0, 0.05) is 18.8 Å². The Bertz CT molecular complexity index is 1030. The van der Waals surface area contributed by atoms with Gasteiger partial charge in [-0.15, -0.1) is 0 Å². The minimum absolute atomic E-state index is 0.173. The maximum absolute atomic E-state index is 14.3. The zero-order valence-corrected chi connectivity index (χ0v) is 17.5. The summed E-state index contributed by atoms with van der Waals surface area (Å²) in [6, 6.07) is 7.64. The van der Waals surface area contributed by atoms with Crippen LogP contribution in [-0.2, 0) is 14.8 Å². The van der Waals surface area contributed by atoms with Gasteiger partial charge in [0.15, 0.2) is 0 Å². The highest BCUT2D eigenvalue weighted by Gasteiger charge is 2.24. The number of nitrogens with zero attached hydrogens (tertiary/aromatic N) is 1. The number of rotatable bonds is 7. The minimum Gasteiger partial charge on any atom is -0.465 e. The molecule has 156 valence electrons. The fraction of sp³-hybridized carbons (Fsp3) is 0.300. The van der Waals surface area contributed by atoms with Gasteiger partial charge in [-0.25, -0.2) is 17.6 Å². The van der Waals surface area contributed by atoms with Crippen molar-refractivity contribution < 1.29 is 27.1 Å². The lowest BCUT2D eigenvalue weighted by atomic mass is 10.1. The third-order valence-corrected chi connectivity index (χ3v) is 6.48. The first kappa shape index (κ1) is 22.5. The number of carbonyl (C=O) groups excluding carboxylic acids is 2. The van der Waals surface area contributed by atoms with E-state index in [0.29, 0.717) is 5.56 Å². The van der Waals surface area contributed by atoms with Gasteiger partial charge in [-0.2, -0.15) is 4.31 Å². The summed E-state index contributed by atoms with van der Waals surface area (Å²) in [5.41, 5.74) is 0.723. The van der Waals surface area contributed by atoms with Crippen LogP contribution < -0.4 is 5.32 Å². The molecular weight excluding hydrogens is 399 g/mol. The fourth-order valence-corrected chi connectivity index (χ4v) is 4.23. The smallest absolute Gasteiger partial charge is 0.337 e. The van der Waals surface area contributed by atoms with Gasteiger partial charge >= 0.3 is 5.97 Å². The molecule has 0 unspecified atom stereocenters. The molecule has 0 spiro atoms. The Hall–Kier alpha value is -2.78. The second kappa shape index (κ2) is 9.15. The molecule has 9 heteroatoms. The third kappa shape index (κ3) is 4.80. The number of halogens is 1. The zero-order chi connectivity index (χ0) is 21.8. The molecule has 0 bridgehead atoms. The molecule has 0 aliphatic rings. The van der Waals surface area contributed by atoms with Gasteiger partial charge in [0.2, 0.25) is 10.0 Å². The van der Waals surface area contributed by atoms with Gasteiger partial charge in [-0.05, 0) is 42.8 Å². The minimum atomic E-state index is -3.85. The van der Waals surface area contributed by atoms with Crippen molar-refractivity contribution in [3.8, 4) is 0 Å². The van der Waals surface area contributed by atoms with Crippen LogP contribution in [0.1, 0.15) is 40.1 Å². The van der Waals surface area contributed by atoms with Crippen LogP contribution >= 0.6 is 0 Å². The van der Waals surface area contributed by atoms with Crippen molar-refractivity contribution in [2.75, 3.05) is 25.5 Å². The SMILES string of the molecule is CCN(CC)S(=O)(=O)c1ccc(F)c(C(=O)Nc2cc(C(=O)OC)ccc2C)c1. The lowest BCUT2D eigenvalue weighted by Crippen LogP contribution is -2.31. The first-order valence-corrected chi connectivity index (χ1v) is 10.4. The maximum atomic E-state index is 14.3. The number of esters is 1. The van der Waals surface area contributed by atoms with Crippen LogP contribution in [0.2, 0.25) is 0 Å². The number of nitrogens with one attached hydrogen (secondary N) is 1. The number of amides is 1. The number of anilines is 1. The highest BCUT2D eigenvalue weighted by atomic mass is 32.2. The molecule has 0 radical (unpaired) electrons. The topological polar surface area (TPSA) is 92.8 Å². The summed E-state index contributed by atoms with van der Waals surface area (Å²) in [5.74, 6) is -2.27. The summed E-state index contributed by atoms with van der Waals surface area (Å²) in [7, 11) is -2.62. The van der Waals surface area contributed by atoms with Crippen molar-refractivity contribution >= 4 is 27.6 Å². The Kier molecular flexibility index (Phi) is 7.10. The second-order valence-electron chi connectivity index (χ2n) is 6.21. The van der Waals surface area contributed by atoms with E-state index < -0.39 is 33.3 Å². The van der Waals surface area contributed by atoms with E-state index in [1.54, 1.807) is 26.8 Å². The maximum Gasteiger partial charge on any atom is 0.337 e. The molecule has 2 aromatic carbocycles. The van der Waals surface area contributed by atoms with Crippen LogP contribution in [0.4, 0.5) is 10.1 Å². The number of methoxy groups -OCH3 is 1. The average molecular weight is 422 g/mol. The summed E-state index contributed by atoms with van der Waals surface area (Å²) in [5, 5.41) is 2.53. The largest absolute Gasteiger partial charge is 0.465 e. The van der Waals surface area contributed by atoms with Crippen molar-refractivity contribution in [2.24, 2.45) is 0 Å². The molecule has 0 saturated carbocycles. The van der Waals surface area contributed by atoms with E-state index in [1.807, 2.05) is 0 Å². The summed E-state index contributed by atoms with van der Waals surface area (Å²) < 4.78 is 45.5. The molecule has 0 atom stereocenters. The molecule has 0 saturated heterocycles. The number of carbonyl (C=O) groups is 2. The summed E-state index contributed by atoms with van der Waals surface area (Å²) in [4.78, 5) is 24.2. The van der Waals surface area contributed by atoms with E-state index in [9.17, 15) is 22.4 Å². The highest BCUT2D eigenvalue weighted by molar-refractivity contribution is 7.89. The lowest BCUT2D eigenvalue weighted by Gasteiger charge is -2.19. The lowest BCUT2D eigenvalue weighted by molar-refractivity contribution is 0.0600. The van der Waals surface area contributed by atoms with Gasteiger partial charge in [-0.3, -0.25) is 4.79 Å². The van der Waals surface area contributed by atoms with Gasteiger partial charge < -0.3 is 10.1 Å². The molecule has 2 aromatic rings. The molecule has 1 N–H and O–H groups in total. The van der Waals surface area contributed by atoms with Gasteiger partial charge in [0.1, 0.15) is 5.82 Å². The molecular formula is C20H23FN2O5S. The predicted molar refractivity (Wildman–Crippen MR) is 107 cm³/mol. The molecule has 2 rings (SSSR count). The number of hydrogen-bond donors (Lipinski definition) is 1. The molecule has 0 fully saturated rings. The van der Waals surface area contributed by atoms with E-state index in [1.165, 1.54) is 23.5 Å². The number of sulfonamides is 1. The van der Waals surface area contributed by atoms with Crippen molar-refractivity contribution in [1.29, 1.82) is 0 Å². The molecule has 0 aliphatic carbocycles. The zero-order valence-electron chi connectivity index (χ0n) is 16.7. The van der Waals surface area contributed by atoms with Gasteiger partial charge in [0.05, 0.1) is 23.1 Å². The van der Waals surface area contributed by atoms with E-state index in [2.05, 4.69) is 10.1 Å². The molecule has 0 heterocycles. The van der Waals surface area contributed by atoms with Crippen molar-refractivity contribution in [2.45, 2.75) is 25.7 Å². The van der Waals surface area contributed by atoms with E-state index in [4.69, 9.17) is 0 Å². The first-order valence-electron chi connectivity index (χ1n) is 8.95. The Morgan fingerprint density at radius 2 is 1.76 bits per heavy atom. The van der Waals surface area contributed by atoms with Crippen LogP contribution in [0.25, 0.3) is 0 Å². The molecule has 29 heavy (non-hydrogen) atoms. The summed E-state index contributed by atoms with van der Waals surface area (Å²) in [6.07, 6.45) is 0. The molecule has 1 amide bonds. The molecule has 0 aliphatic heterocycles. The van der Waals surface area contributed by atoms with Crippen molar-refractivity contribution in [1.82, 2.24) is 4.31 Å². The normalized spacial score (nSPS) is 11.4. The monoisotopic (exact) mass is 422 g/mol. The number of ether oxygens (including phenoxy) is 1. The average Bonchev–Trinajstić information content (AvgIpc) is 2.69. The Labute approximate surface area is 169 Å². The van der Waals surface area contributed by atoms with Gasteiger partial charge in [-0.1, -0.05) is 19.9 Å². The van der Waals surface area contributed by atoms with Crippen molar-refractivity contribution in [3.05, 3.63) is 58.9 Å². The molecule has 0 aromatic heterocycles. The number of aryl methyl sites for hydroxylation is 1. The van der Waals surface area contributed by atoms with Crippen LogP contribution in [0.5, 0.6) is 0 Å². The van der Waals surface area contributed by atoms with E-state index in [0.717, 1.165) is 18.2 Å². The summed E-state index contributed by atoms with van der Waals surface area (Å²) >= 11 is 0. The summed E-state index contributed by atoms with van der Waals surface area (Å²) in [6.45, 7) is 5.58. The van der Waals surface area contributed by atoms with Crippen LogP contribution in [-0.4, -0.2) is 44.8 Å². The Balaban J connectivity index is 2.41. The number of benzene rings is 2. The van der Waals surface area contributed by atoms with Gasteiger partial charge in [0.25, 0.3) is 5.91 Å². The van der Waals surface area contributed by atoms with Crippen LogP contribution in [0, 0.1) is 12.7 Å². The Morgan fingerprint density at radius 1 is 1.10 bits per heavy atom. The second-order valence-corrected chi connectivity index (χ2v) is 8.14. The standard InChI is InChI=1S/C20H23FN2O5S/c1-5-23(6-2)29(26,27)15-9-10-17(21)16(12-15)19(24)22-18-11-14(20(25)28-4)8-7-13(18)3/h7-12H,5-6H2,1-4H3,(H,22,24).